The summed E-state index contributed by atoms with van der Waals surface area (Å²) < 4.78 is 1.24. The van der Waals surface area contributed by atoms with Gasteiger partial charge in [-0.2, -0.15) is 0 Å². The lowest BCUT2D eigenvalue weighted by Gasteiger charge is -2.39. The second-order valence-electron chi connectivity index (χ2n) is 5.10. The van der Waals surface area contributed by atoms with Crippen LogP contribution in [0, 0.1) is 0 Å². The zero-order valence-corrected chi connectivity index (χ0v) is 13.7. The van der Waals surface area contributed by atoms with Gasteiger partial charge in [0.25, 0.3) is 0 Å². The highest BCUT2D eigenvalue weighted by Crippen LogP contribution is 2.34. The van der Waals surface area contributed by atoms with Crippen molar-refractivity contribution in [3.8, 4) is 0 Å². The molecule has 2 nitrogen and oxygen atoms in total. The molecule has 1 aliphatic rings. The molecule has 0 radical (unpaired) electrons. The molecule has 1 aromatic heterocycles. The Morgan fingerprint density at radius 3 is 3.00 bits per heavy atom. The van der Waals surface area contributed by atoms with E-state index in [4.69, 9.17) is 0 Å². The van der Waals surface area contributed by atoms with E-state index in [0.29, 0.717) is 6.04 Å². The molecule has 0 saturated carbocycles. The highest BCUT2D eigenvalue weighted by molar-refractivity contribution is 9.11. The van der Waals surface area contributed by atoms with E-state index in [0.717, 1.165) is 12.6 Å². The molecule has 102 valence electrons. The van der Waals surface area contributed by atoms with Crippen LogP contribution in [0.15, 0.2) is 15.9 Å². The molecule has 1 saturated heterocycles. The van der Waals surface area contributed by atoms with Crippen molar-refractivity contribution in [2.45, 2.75) is 44.7 Å². The van der Waals surface area contributed by atoms with E-state index >= 15 is 0 Å². The third-order valence-electron chi connectivity index (χ3n) is 3.90. The first kappa shape index (κ1) is 14.5. The fourth-order valence-corrected chi connectivity index (χ4v) is 4.37. The van der Waals surface area contributed by atoms with Gasteiger partial charge in [-0.1, -0.05) is 6.42 Å². The van der Waals surface area contributed by atoms with Gasteiger partial charge in [-0.05, 0) is 74.4 Å². The molecule has 2 unspecified atom stereocenters. The van der Waals surface area contributed by atoms with Crippen LogP contribution >= 0.6 is 27.3 Å². The van der Waals surface area contributed by atoms with Crippen LogP contribution in [0.1, 0.15) is 43.5 Å². The molecule has 1 N–H and O–H groups in total. The van der Waals surface area contributed by atoms with Crippen LogP contribution in [0.25, 0.3) is 0 Å². The van der Waals surface area contributed by atoms with Gasteiger partial charge in [-0.3, -0.25) is 4.90 Å². The highest BCUT2D eigenvalue weighted by Gasteiger charge is 2.27. The summed E-state index contributed by atoms with van der Waals surface area (Å²) in [5, 5.41) is 3.29. The van der Waals surface area contributed by atoms with E-state index in [1.54, 1.807) is 0 Å². The van der Waals surface area contributed by atoms with Gasteiger partial charge in [0.05, 0.1) is 3.79 Å². The number of rotatable bonds is 5. The Hall–Kier alpha value is 0.1000. The molecule has 2 rings (SSSR count). The van der Waals surface area contributed by atoms with Gasteiger partial charge in [0.15, 0.2) is 0 Å². The molecule has 1 aliphatic heterocycles. The summed E-state index contributed by atoms with van der Waals surface area (Å²) in [5.74, 6) is 0. The lowest BCUT2D eigenvalue weighted by atomic mass is 9.97. The average molecular weight is 331 g/mol. The third kappa shape index (κ3) is 3.56. The van der Waals surface area contributed by atoms with Gasteiger partial charge >= 0.3 is 0 Å². The summed E-state index contributed by atoms with van der Waals surface area (Å²) in [6.07, 6.45) is 5.38. The quantitative estimate of drug-likeness (QED) is 0.876. The van der Waals surface area contributed by atoms with E-state index < -0.39 is 0 Å². The molecule has 2 atom stereocenters. The van der Waals surface area contributed by atoms with Crippen molar-refractivity contribution < 1.29 is 0 Å². The minimum atomic E-state index is 0.559. The Balaban J connectivity index is 2.03. The van der Waals surface area contributed by atoms with Crippen LogP contribution < -0.4 is 5.32 Å². The first-order valence-corrected chi connectivity index (χ1v) is 8.49. The lowest BCUT2D eigenvalue weighted by Crippen LogP contribution is -2.42. The lowest BCUT2D eigenvalue weighted by molar-refractivity contribution is 0.0988. The van der Waals surface area contributed by atoms with Crippen molar-refractivity contribution in [2.75, 3.05) is 20.1 Å². The molecular weight excluding hydrogens is 308 g/mol. The number of halogens is 1. The van der Waals surface area contributed by atoms with Gasteiger partial charge in [-0.25, -0.2) is 0 Å². The number of thiophene rings is 1. The maximum atomic E-state index is 3.57. The SMILES string of the molecule is CNCCC1CCCCN1C(C)c1ccc(Br)s1. The van der Waals surface area contributed by atoms with Gasteiger partial charge < -0.3 is 5.32 Å². The zero-order chi connectivity index (χ0) is 13.0. The molecule has 0 amide bonds. The number of likely N-dealkylation sites (tertiary alicyclic amines) is 1. The maximum Gasteiger partial charge on any atom is 0.0701 e. The summed E-state index contributed by atoms with van der Waals surface area (Å²) in [7, 11) is 2.05. The van der Waals surface area contributed by atoms with Gasteiger partial charge in [0.1, 0.15) is 0 Å². The molecule has 0 aliphatic carbocycles. The van der Waals surface area contributed by atoms with Crippen molar-refractivity contribution >= 4 is 27.3 Å². The van der Waals surface area contributed by atoms with E-state index in [1.165, 1.54) is 40.9 Å². The molecule has 4 heteroatoms. The largest absolute Gasteiger partial charge is 0.320 e. The predicted molar refractivity (Wildman–Crippen MR) is 83.3 cm³/mol. The Morgan fingerprint density at radius 2 is 2.33 bits per heavy atom. The van der Waals surface area contributed by atoms with E-state index in [1.807, 2.05) is 18.4 Å². The van der Waals surface area contributed by atoms with Crippen molar-refractivity contribution in [3.05, 3.63) is 20.8 Å². The Kier molecular flexibility index (Phi) is 5.67. The molecule has 0 aromatic carbocycles. The minimum absolute atomic E-state index is 0.559. The van der Waals surface area contributed by atoms with Gasteiger partial charge in [0, 0.05) is 17.0 Å². The topological polar surface area (TPSA) is 15.3 Å². The fourth-order valence-electron chi connectivity index (χ4n) is 2.87. The Morgan fingerprint density at radius 1 is 1.50 bits per heavy atom. The molecule has 1 aromatic rings. The summed E-state index contributed by atoms with van der Waals surface area (Å²) >= 11 is 5.45. The van der Waals surface area contributed by atoms with E-state index in [2.05, 4.69) is 45.2 Å². The first-order chi connectivity index (χ1) is 8.72. The summed E-state index contributed by atoms with van der Waals surface area (Å²) in [4.78, 5) is 4.19. The molecule has 0 spiro atoms. The summed E-state index contributed by atoms with van der Waals surface area (Å²) in [6, 6.07) is 5.75. The van der Waals surface area contributed by atoms with Crippen LogP contribution in [0.5, 0.6) is 0 Å². The smallest absolute Gasteiger partial charge is 0.0701 e. The predicted octanol–water partition coefficient (Wildman–Crippen LogP) is 4.04. The molecular formula is C14H23BrN2S. The van der Waals surface area contributed by atoms with Crippen LogP contribution in [0.3, 0.4) is 0 Å². The molecule has 1 fully saturated rings. The van der Waals surface area contributed by atoms with Crippen LogP contribution in [-0.2, 0) is 0 Å². The minimum Gasteiger partial charge on any atom is -0.320 e. The van der Waals surface area contributed by atoms with Gasteiger partial charge in [-0.15, -0.1) is 11.3 Å². The normalized spacial score (nSPS) is 23.2. The van der Waals surface area contributed by atoms with Crippen molar-refractivity contribution in [2.24, 2.45) is 0 Å². The first-order valence-electron chi connectivity index (χ1n) is 6.88. The fraction of sp³-hybridized carbons (Fsp3) is 0.714. The number of nitrogens with one attached hydrogen (secondary N) is 1. The van der Waals surface area contributed by atoms with Gasteiger partial charge in [0.2, 0.25) is 0 Å². The molecule has 0 bridgehead atoms. The second-order valence-corrected chi connectivity index (χ2v) is 7.59. The molecule has 18 heavy (non-hydrogen) atoms. The van der Waals surface area contributed by atoms with Crippen LogP contribution in [-0.4, -0.2) is 31.1 Å². The monoisotopic (exact) mass is 330 g/mol. The van der Waals surface area contributed by atoms with Crippen LogP contribution in [0.2, 0.25) is 0 Å². The highest BCUT2D eigenvalue weighted by atomic mass is 79.9. The Labute approximate surface area is 123 Å². The second kappa shape index (κ2) is 7.04. The maximum absolute atomic E-state index is 3.57. The van der Waals surface area contributed by atoms with E-state index in [-0.39, 0.29) is 0 Å². The molecule has 2 heterocycles. The van der Waals surface area contributed by atoms with E-state index in [9.17, 15) is 0 Å². The number of piperidine rings is 1. The zero-order valence-electron chi connectivity index (χ0n) is 11.3. The Bertz CT molecular complexity index is 366. The number of hydrogen-bond acceptors (Lipinski definition) is 3. The summed E-state index contributed by atoms with van der Waals surface area (Å²) in [6.45, 7) is 4.74. The van der Waals surface area contributed by atoms with Crippen molar-refractivity contribution in [1.29, 1.82) is 0 Å². The third-order valence-corrected chi connectivity index (χ3v) is 5.70. The van der Waals surface area contributed by atoms with Crippen LogP contribution in [0.4, 0.5) is 0 Å². The van der Waals surface area contributed by atoms with Crippen molar-refractivity contribution in [1.82, 2.24) is 10.2 Å². The number of nitrogens with zero attached hydrogens (tertiary/aromatic N) is 1. The summed E-state index contributed by atoms with van der Waals surface area (Å²) in [5.41, 5.74) is 0. The standard InChI is InChI=1S/C14H23BrN2S/c1-11(13-6-7-14(15)18-13)17-10-4-3-5-12(17)8-9-16-2/h6-7,11-12,16H,3-5,8-10H2,1-2H3. The number of hydrogen-bond donors (Lipinski definition) is 1. The average Bonchev–Trinajstić information content (AvgIpc) is 2.82. The van der Waals surface area contributed by atoms with Crippen molar-refractivity contribution in [3.63, 3.8) is 0 Å².